The number of rotatable bonds is 6. The molecular weight excluding hydrogens is 374 g/mol. The van der Waals surface area contributed by atoms with Crippen LogP contribution in [0.4, 0.5) is 5.69 Å². The number of carbonyl (C=O) groups is 2. The minimum atomic E-state index is -3.73. The number of sulfone groups is 2. The van der Waals surface area contributed by atoms with Crippen molar-refractivity contribution in [2.75, 3.05) is 32.0 Å². The zero-order valence-corrected chi connectivity index (χ0v) is 15.5. The third-order valence-electron chi connectivity index (χ3n) is 2.88. The van der Waals surface area contributed by atoms with Crippen molar-refractivity contribution in [3.63, 3.8) is 0 Å². The Hall–Kier alpha value is -2.40. The molecule has 11 heteroatoms. The molecule has 0 saturated heterocycles. The molecular formula is C14H17NO8S2. The number of nitrogens with one attached hydrogen (secondary N) is 1. The number of hydrogen-bond donors (Lipinski definition) is 1. The van der Waals surface area contributed by atoms with Crippen LogP contribution >= 0.6 is 0 Å². The molecule has 1 aromatic rings. The zero-order chi connectivity index (χ0) is 19.4. The second-order valence-corrected chi connectivity index (χ2v) is 8.97. The Morgan fingerprint density at radius 1 is 0.920 bits per heavy atom. The summed E-state index contributed by atoms with van der Waals surface area (Å²) in [6, 6.07) is 3.24. The van der Waals surface area contributed by atoms with Crippen molar-refractivity contribution in [2.24, 2.45) is 0 Å². The van der Waals surface area contributed by atoms with Gasteiger partial charge in [0.1, 0.15) is 5.70 Å². The van der Waals surface area contributed by atoms with Crippen molar-refractivity contribution in [3.05, 3.63) is 30.0 Å². The molecule has 0 atom stereocenters. The molecule has 0 bridgehead atoms. The van der Waals surface area contributed by atoms with E-state index in [-0.39, 0.29) is 21.2 Å². The summed E-state index contributed by atoms with van der Waals surface area (Å²) >= 11 is 0. The number of esters is 2. The number of hydrogen-bond acceptors (Lipinski definition) is 9. The van der Waals surface area contributed by atoms with E-state index in [0.717, 1.165) is 51.0 Å². The molecule has 0 aliphatic carbocycles. The molecule has 1 rings (SSSR count). The predicted molar refractivity (Wildman–Crippen MR) is 88.4 cm³/mol. The van der Waals surface area contributed by atoms with Crippen LogP contribution in [0.3, 0.4) is 0 Å². The lowest BCUT2D eigenvalue weighted by Gasteiger charge is -2.12. The molecule has 0 aliphatic heterocycles. The SMILES string of the molecule is COC(=O)/C=C(/Nc1cc(S(C)(=O)=O)cc(S(C)(=O)=O)c1)C(=O)OC. The van der Waals surface area contributed by atoms with Crippen molar-refractivity contribution >= 4 is 37.3 Å². The van der Waals surface area contributed by atoms with Crippen LogP contribution in [-0.4, -0.2) is 55.5 Å². The molecule has 138 valence electrons. The Bertz CT molecular complexity index is 879. The number of methoxy groups -OCH3 is 2. The maximum atomic E-state index is 11.8. The van der Waals surface area contributed by atoms with Crippen LogP contribution in [0.1, 0.15) is 0 Å². The maximum absolute atomic E-state index is 11.8. The lowest BCUT2D eigenvalue weighted by Crippen LogP contribution is -2.16. The van der Waals surface area contributed by atoms with Crippen molar-refractivity contribution in [1.82, 2.24) is 0 Å². The van der Waals surface area contributed by atoms with Crippen LogP contribution in [0.25, 0.3) is 0 Å². The summed E-state index contributed by atoms with van der Waals surface area (Å²) in [6.07, 6.45) is 2.60. The van der Waals surface area contributed by atoms with E-state index in [2.05, 4.69) is 14.8 Å². The summed E-state index contributed by atoms with van der Waals surface area (Å²) in [4.78, 5) is 22.5. The standard InChI is InChI=1S/C14H17NO8S2/c1-22-13(16)8-12(14(17)23-2)15-9-5-10(24(3,18)19)7-11(6-9)25(4,20)21/h5-8,15H,1-4H3/b12-8+. The molecule has 0 amide bonds. The summed E-state index contributed by atoms with van der Waals surface area (Å²) in [7, 11) is -5.29. The second-order valence-electron chi connectivity index (χ2n) is 4.94. The van der Waals surface area contributed by atoms with Gasteiger partial charge in [-0.05, 0) is 18.2 Å². The molecule has 0 aliphatic rings. The minimum Gasteiger partial charge on any atom is -0.466 e. The smallest absolute Gasteiger partial charge is 0.354 e. The molecule has 1 aromatic carbocycles. The monoisotopic (exact) mass is 391 g/mol. The summed E-state index contributed by atoms with van der Waals surface area (Å²) in [5.74, 6) is -1.80. The molecule has 0 fully saturated rings. The van der Waals surface area contributed by atoms with Crippen LogP contribution < -0.4 is 5.32 Å². The van der Waals surface area contributed by atoms with Gasteiger partial charge >= 0.3 is 11.9 Å². The Morgan fingerprint density at radius 3 is 1.76 bits per heavy atom. The van der Waals surface area contributed by atoms with Crippen LogP contribution in [0, 0.1) is 0 Å². The molecule has 25 heavy (non-hydrogen) atoms. The van der Waals surface area contributed by atoms with Gasteiger partial charge in [0.15, 0.2) is 19.7 Å². The average molecular weight is 391 g/mol. The number of benzene rings is 1. The van der Waals surface area contributed by atoms with E-state index < -0.39 is 31.6 Å². The topological polar surface area (TPSA) is 133 Å². The maximum Gasteiger partial charge on any atom is 0.354 e. The van der Waals surface area contributed by atoms with Gasteiger partial charge in [0.05, 0.1) is 30.1 Å². The van der Waals surface area contributed by atoms with E-state index in [9.17, 15) is 26.4 Å². The van der Waals surface area contributed by atoms with E-state index in [0.29, 0.717) is 0 Å². The van der Waals surface area contributed by atoms with E-state index in [1.165, 1.54) is 0 Å². The summed E-state index contributed by atoms with van der Waals surface area (Å²) in [5, 5.41) is 2.48. The van der Waals surface area contributed by atoms with Crippen LogP contribution in [0.5, 0.6) is 0 Å². The number of carbonyl (C=O) groups excluding carboxylic acids is 2. The van der Waals surface area contributed by atoms with Crippen molar-refractivity contribution in [3.8, 4) is 0 Å². The van der Waals surface area contributed by atoms with Gasteiger partial charge in [0.2, 0.25) is 0 Å². The highest BCUT2D eigenvalue weighted by molar-refractivity contribution is 7.91. The first kappa shape index (κ1) is 20.6. The average Bonchev–Trinajstić information content (AvgIpc) is 2.51. The fourth-order valence-corrected chi connectivity index (χ4v) is 3.10. The summed E-state index contributed by atoms with van der Waals surface area (Å²) in [6.45, 7) is 0. The highest BCUT2D eigenvalue weighted by Crippen LogP contribution is 2.23. The van der Waals surface area contributed by atoms with Crippen LogP contribution in [-0.2, 0) is 38.7 Å². The molecule has 0 saturated carbocycles. The lowest BCUT2D eigenvalue weighted by molar-refractivity contribution is -0.138. The second kappa shape index (κ2) is 7.66. The number of anilines is 1. The van der Waals surface area contributed by atoms with Gasteiger partial charge in [0, 0.05) is 18.2 Å². The fraction of sp³-hybridized carbons (Fsp3) is 0.286. The fourth-order valence-electron chi connectivity index (χ4n) is 1.66. The van der Waals surface area contributed by atoms with Gasteiger partial charge < -0.3 is 14.8 Å². The normalized spacial score (nSPS) is 12.4. The van der Waals surface area contributed by atoms with Gasteiger partial charge in [-0.15, -0.1) is 0 Å². The van der Waals surface area contributed by atoms with E-state index >= 15 is 0 Å². The molecule has 0 spiro atoms. The van der Waals surface area contributed by atoms with Crippen molar-refractivity contribution in [2.45, 2.75) is 9.79 Å². The molecule has 0 unspecified atom stereocenters. The van der Waals surface area contributed by atoms with Crippen LogP contribution in [0.15, 0.2) is 39.8 Å². The third kappa shape index (κ3) is 5.87. The summed E-state index contributed by atoms with van der Waals surface area (Å²) < 4.78 is 56.0. The Balaban J connectivity index is 3.52. The molecule has 0 aromatic heterocycles. The molecule has 9 nitrogen and oxygen atoms in total. The highest BCUT2D eigenvalue weighted by atomic mass is 32.2. The largest absolute Gasteiger partial charge is 0.466 e. The van der Waals surface area contributed by atoms with E-state index in [1.54, 1.807) is 0 Å². The Kier molecular flexibility index (Phi) is 6.32. The van der Waals surface area contributed by atoms with Crippen molar-refractivity contribution in [1.29, 1.82) is 0 Å². The first-order valence-corrected chi connectivity index (χ1v) is 10.4. The third-order valence-corrected chi connectivity index (χ3v) is 5.07. The van der Waals surface area contributed by atoms with Gasteiger partial charge in [-0.25, -0.2) is 26.4 Å². The number of ether oxygens (including phenoxy) is 2. The first-order valence-electron chi connectivity index (χ1n) is 6.58. The Morgan fingerprint density at radius 2 is 1.40 bits per heavy atom. The van der Waals surface area contributed by atoms with Crippen molar-refractivity contribution < 1.29 is 35.9 Å². The highest BCUT2D eigenvalue weighted by Gasteiger charge is 2.18. The zero-order valence-electron chi connectivity index (χ0n) is 13.9. The van der Waals surface area contributed by atoms with Gasteiger partial charge in [-0.2, -0.15) is 0 Å². The van der Waals surface area contributed by atoms with E-state index in [4.69, 9.17) is 0 Å². The van der Waals surface area contributed by atoms with Crippen LogP contribution in [0.2, 0.25) is 0 Å². The quantitative estimate of drug-likeness (QED) is 0.531. The molecule has 1 N–H and O–H groups in total. The Labute approximate surface area is 145 Å². The van der Waals surface area contributed by atoms with Gasteiger partial charge in [-0.3, -0.25) is 0 Å². The predicted octanol–water partition coefficient (Wildman–Crippen LogP) is 0.135. The van der Waals surface area contributed by atoms with Gasteiger partial charge in [0.25, 0.3) is 0 Å². The van der Waals surface area contributed by atoms with E-state index in [1.807, 2.05) is 0 Å². The molecule has 0 radical (unpaired) electrons. The lowest BCUT2D eigenvalue weighted by atomic mass is 10.3. The molecule has 0 heterocycles. The summed E-state index contributed by atoms with van der Waals surface area (Å²) in [5.41, 5.74) is -0.400. The first-order chi connectivity index (χ1) is 11.4. The van der Waals surface area contributed by atoms with Gasteiger partial charge in [-0.1, -0.05) is 0 Å². The minimum absolute atomic E-state index is 0.0381.